The van der Waals surface area contributed by atoms with Crippen molar-refractivity contribution in [3.8, 4) is 0 Å². The molecule has 23 heavy (non-hydrogen) atoms. The number of ketones is 1. The molecule has 1 amide bonds. The number of amides is 1. The summed E-state index contributed by atoms with van der Waals surface area (Å²) < 4.78 is 0. The average Bonchev–Trinajstić information content (AvgIpc) is 2.54. The first-order valence-corrected chi connectivity index (χ1v) is 7.65. The van der Waals surface area contributed by atoms with Gasteiger partial charge in [0.15, 0.2) is 5.78 Å². The summed E-state index contributed by atoms with van der Waals surface area (Å²) in [5, 5.41) is 0. The summed E-state index contributed by atoms with van der Waals surface area (Å²) in [4.78, 5) is 35.3. The van der Waals surface area contributed by atoms with E-state index in [0.29, 0.717) is 16.7 Å². The highest BCUT2D eigenvalue weighted by atomic mass is 16.2. The van der Waals surface area contributed by atoms with Crippen molar-refractivity contribution in [3.05, 3.63) is 59.7 Å². The Hall–Kier alpha value is -2.56. The van der Waals surface area contributed by atoms with Crippen LogP contribution >= 0.6 is 0 Å². The second-order valence-corrected chi connectivity index (χ2v) is 5.89. The van der Waals surface area contributed by atoms with E-state index >= 15 is 0 Å². The molecule has 5 heteroatoms. The first kappa shape index (κ1) is 16.8. The highest BCUT2D eigenvalue weighted by Gasteiger charge is 2.26. The number of carbonyl (C=O) groups excluding carboxylic acids is 2. The number of hydrogen-bond donors (Lipinski definition) is 0. The molecule has 2 rings (SSSR count). The van der Waals surface area contributed by atoms with Crippen LogP contribution < -0.4 is 0 Å². The van der Waals surface area contributed by atoms with E-state index < -0.39 is 0 Å². The molecule has 120 valence electrons. The molecule has 0 aliphatic rings. The summed E-state index contributed by atoms with van der Waals surface area (Å²) in [6, 6.07) is 4.94. The molecule has 0 saturated heterocycles. The molecule has 0 aliphatic heterocycles. The van der Waals surface area contributed by atoms with Gasteiger partial charge in [-0.2, -0.15) is 0 Å². The quantitative estimate of drug-likeness (QED) is 0.796. The number of hydrogen-bond acceptors (Lipinski definition) is 4. The summed E-state index contributed by atoms with van der Waals surface area (Å²) in [7, 11) is 0. The Labute approximate surface area is 136 Å². The number of nitrogens with zero attached hydrogens (tertiary/aromatic N) is 3. The smallest absolute Gasteiger partial charge is 0.256 e. The fourth-order valence-electron chi connectivity index (χ4n) is 2.63. The summed E-state index contributed by atoms with van der Waals surface area (Å²) in [5.74, 6) is -0.383. The minimum atomic E-state index is -0.203. The van der Waals surface area contributed by atoms with Gasteiger partial charge in [-0.25, -0.2) is 0 Å². The van der Waals surface area contributed by atoms with Crippen molar-refractivity contribution in [2.75, 3.05) is 0 Å². The third-order valence-electron chi connectivity index (χ3n) is 3.59. The second-order valence-electron chi connectivity index (χ2n) is 5.89. The zero-order chi connectivity index (χ0) is 17.0. The van der Waals surface area contributed by atoms with Gasteiger partial charge in [-0.1, -0.05) is 0 Å². The monoisotopic (exact) mass is 311 g/mol. The van der Waals surface area contributed by atoms with Crippen LogP contribution in [-0.2, 0) is 0 Å². The van der Waals surface area contributed by atoms with Gasteiger partial charge in [-0.3, -0.25) is 19.6 Å². The van der Waals surface area contributed by atoms with E-state index in [9.17, 15) is 9.59 Å². The molecular formula is C18H21N3O2. The molecule has 0 radical (unpaired) electrons. The minimum absolute atomic E-state index is 0.0339. The van der Waals surface area contributed by atoms with Gasteiger partial charge in [0.05, 0.1) is 5.56 Å². The summed E-state index contributed by atoms with van der Waals surface area (Å²) in [6.07, 6.45) is 6.11. The van der Waals surface area contributed by atoms with Crippen LogP contribution in [0.2, 0.25) is 0 Å². The van der Waals surface area contributed by atoms with Crippen molar-refractivity contribution >= 4 is 11.7 Å². The second kappa shape index (κ2) is 7.13. The van der Waals surface area contributed by atoms with Gasteiger partial charge in [0.1, 0.15) is 0 Å². The Balaban J connectivity index is 2.45. The van der Waals surface area contributed by atoms with Gasteiger partial charge < -0.3 is 4.90 Å². The molecule has 0 spiro atoms. The molecule has 2 aromatic heterocycles. The topological polar surface area (TPSA) is 63.2 Å². The molecule has 0 unspecified atom stereocenters. The molecule has 0 fully saturated rings. The van der Waals surface area contributed by atoms with Gasteiger partial charge in [-0.15, -0.1) is 0 Å². The van der Waals surface area contributed by atoms with E-state index in [0.717, 1.165) is 0 Å². The predicted octanol–water partition coefficient (Wildman–Crippen LogP) is 2.97. The number of rotatable bonds is 5. The highest BCUT2D eigenvalue weighted by molar-refractivity contribution is 6.15. The predicted molar refractivity (Wildman–Crippen MR) is 88.3 cm³/mol. The van der Waals surface area contributed by atoms with E-state index in [-0.39, 0.29) is 23.8 Å². The number of pyridine rings is 2. The van der Waals surface area contributed by atoms with Crippen molar-refractivity contribution in [2.24, 2.45) is 0 Å². The lowest BCUT2D eigenvalue weighted by Gasteiger charge is -2.31. The van der Waals surface area contributed by atoms with Crippen LogP contribution in [0.15, 0.2) is 43.0 Å². The van der Waals surface area contributed by atoms with Crippen LogP contribution in [0.1, 0.15) is 54.0 Å². The standard InChI is InChI=1S/C18H21N3O2/c1-12(2)21(13(3)4)18(23)16-11-20-10-7-15(16)17(22)14-5-8-19-9-6-14/h5-13H,1-4H3. The van der Waals surface area contributed by atoms with E-state index in [1.54, 1.807) is 35.5 Å². The molecular weight excluding hydrogens is 290 g/mol. The molecule has 0 saturated carbocycles. The van der Waals surface area contributed by atoms with E-state index in [1.807, 2.05) is 27.7 Å². The van der Waals surface area contributed by atoms with Crippen molar-refractivity contribution in [2.45, 2.75) is 39.8 Å². The van der Waals surface area contributed by atoms with Crippen LogP contribution in [0.4, 0.5) is 0 Å². The Bertz CT molecular complexity index is 688. The maximum Gasteiger partial charge on any atom is 0.256 e. The summed E-state index contributed by atoms with van der Waals surface area (Å²) >= 11 is 0. The maximum absolute atomic E-state index is 12.9. The fourth-order valence-corrected chi connectivity index (χ4v) is 2.63. The Morgan fingerprint density at radius 2 is 1.43 bits per heavy atom. The van der Waals surface area contributed by atoms with Crippen molar-refractivity contribution in [1.29, 1.82) is 0 Å². The molecule has 2 aromatic rings. The summed E-state index contributed by atoms with van der Waals surface area (Å²) in [5.41, 5.74) is 1.19. The third-order valence-corrected chi connectivity index (χ3v) is 3.59. The third kappa shape index (κ3) is 3.62. The largest absolute Gasteiger partial charge is 0.334 e. The zero-order valence-electron chi connectivity index (χ0n) is 13.9. The van der Waals surface area contributed by atoms with Gasteiger partial charge in [0.25, 0.3) is 5.91 Å². The molecule has 2 heterocycles. The van der Waals surface area contributed by atoms with Crippen molar-refractivity contribution in [1.82, 2.24) is 14.9 Å². The number of aromatic nitrogens is 2. The molecule has 0 aliphatic carbocycles. The SMILES string of the molecule is CC(C)N(C(=O)c1cnccc1C(=O)c1ccncc1)C(C)C. The van der Waals surface area contributed by atoms with Gasteiger partial charge >= 0.3 is 0 Å². The van der Waals surface area contributed by atoms with E-state index in [1.165, 1.54) is 12.4 Å². The summed E-state index contributed by atoms with van der Waals surface area (Å²) in [6.45, 7) is 7.83. The van der Waals surface area contributed by atoms with E-state index in [4.69, 9.17) is 0 Å². The van der Waals surface area contributed by atoms with Gasteiger partial charge in [0.2, 0.25) is 0 Å². The van der Waals surface area contributed by atoms with Crippen LogP contribution in [0, 0.1) is 0 Å². The zero-order valence-corrected chi connectivity index (χ0v) is 13.9. The first-order valence-electron chi connectivity index (χ1n) is 7.65. The minimum Gasteiger partial charge on any atom is -0.334 e. The van der Waals surface area contributed by atoms with Crippen LogP contribution in [0.25, 0.3) is 0 Å². The Morgan fingerprint density at radius 1 is 0.870 bits per heavy atom. The lowest BCUT2D eigenvalue weighted by atomic mass is 9.99. The number of carbonyl (C=O) groups is 2. The first-order chi connectivity index (χ1) is 10.9. The van der Waals surface area contributed by atoms with Crippen LogP contribution in [0.5, 0.6) is 0 Å². The van der Waals surface area contributed by atoms with Gasteiger partial charge in [-0.05, 0) is 45.9 Å². The van der Waals surface area contributed by atoms with E-state index in [2.05, 4.69) is 9.97 Å². The van der Waals surface area contributed by atoms with Crippen LogP contribution in [0.3, 0.4) is 0 Å². The lowest BCUT2D eigenvalue weighted by Crippen LogP contribution is -2.42. The highest BCUT2D eigenvalue weighted by Crippen LogP contribution is 2.18. The Morgan fingerprint density at radius 3 is 2.00 bits per heavy atom. The molecule has 5 nitrogen and oxygen atoms in total. The molecule has 0 aromatic carbocycles. The Kier molecular flexibility index (Phi) is 5.21. The molecule has 0 atom stereocenters. The molecule has 0 N–H and O–H groups in total. The fraction of sp³-hybridized carbons (Fsp3) is 0.333. The van der Waals surface area contributed by atoms with Gasteiger partial charge in [0, 0.05) is 48.0 Å². The normalized spacial score (nSPS) is 10.9. The van der Waals surface area contributed by atoms with Crippen molar-refractivity contribution < 1.29 is 9.59 Å². The van der Waals surface area contributed by atoms with Crippen LogP contribution in [-0.4, -0.2) is 38.6 Å². The lowest BCUT2D eigenvalue weighted by molar-refractivity contribution is 0.0640. The maximum atomic E-state index is 12.9. The average molecular weight is 311 g/mol. The molecule has 0 bridgehead atoms. The van der Waals surface area contributed by atoms with Crippen molar-refractivity contribution in [3.63, 3.8) is 0 Å².